The lowest BCUT2D eigenvalue weighted by molar-refractivity contribution is 0.466. The van der Waals surface area contributed by atoms with E-state index in [1.165, 1.54) is 16.7 Å². The third kappa shape index (κ3) is 3.59. The van der Waals surface area contributed by atoms with E-state index in [2.05, 4.69) is 64.2 Å². The summed E-state index contributed by atoms with van der Waals surface area (Å²) in [6.07, 6.45) is 0. The molecule has 1 aromatic heterocycles. The van der Waals surface area contributed by atoms with Crippen LogP contribution < -0.4 is 0 Å². The van der Waals surface area contributed by atoms with Gasteiger partial charge in [-0.15, -0.1) is 10.2 Å². The molecule has 0 saturated carbocycles. The maximum Gasteiger partial charge on any atom is 0.277 e. The number of halogens is 1. The van der Waals surface area contributed by atoms with Gasteiger partial charge in [0.25, 0.3) is 5.22 Å². The molecule has 2 aromatic carbocycles. The van der Waals surface area contributed by atoms with E-state index in [-0.39, 0.29) is 0 Å². The Labute approximate surface area is 142 Å². The van der Waals surface area contributed by atoms with Gasteiger partial charge in [-0.2, -0.15) is 0 Å². The average Bonchev–Trinajstić information content (AvgIpc) is 2.94. The Morgan fingerprint density at radius 1 is 1.05 bits per heavy atom. The fraction of sp³-hybridized carbons (Fsp3) is 0.176. The van der Waals surface area contributed by atoms with Gasteiger partial charge in [0.15, 0.2) is 0 Å². The molecule has 22 heavy (non-hydrogen) atoms. The summed E-state index contributed by atoms with van der Waals surface area (Å²) in [5.74, 6) is 1.36. The summed E-state index contributed by atoms with van der Waals surface area (Å²) in [4.78, 5) is 0. The molecule has 0 saturated heterocycles. The number of aromatic nitrogens is 2. The van der Waals surface area contributed by atoms with Crippen LogP contribution in [0.2, 0.25) is 0 Å². The van der Waals surface area contributed by atoms with Crippen molar-refractivity contribution in [3.63, 3.8) is 0 Å². The average molecular weight is 375 g/mol. The Bertz CT molecular complexity index is 781. The highest BCUT2D eigenvalue weighted by Crippen LogP contribution is 2.28. The minimum Gasteiger partial charge on any atom is -0.411 e. The van der Waals surface area contributed by atoms with Crippen LogP contribution in [-0.4, -0.2) is 10.2 Å². The largest absolute Gasteiger partial charge is 0.411 e. The zero-order valence-corrected chi connectivity index (χ0v) is 14.7. The van der Waals surface area contributed by atoms with Gasteiger partial charge in [0.05, 0.1) is 0 Å². The quantitative estimate of drug-likeness (QED) is 0.572. The number of thioether (sulfide) groups is 1. The second-order valence-corrected chi connectivity index (χ2v) is 6.91. The van der Waals surface area contributed by atoms with Crippen molar-refractivity contribution in [2.24, 2.45) is 0 Å². The highest BCUT2D eigenvalue weighted by atomic mass is 79.9. The highest BCUT2D eigenvalue weighted by molar-refractivity contribution is 9.10. The molecule has 0 radical (unpaired) electrons. The summed E-state index contributed by atoms with van der Waals surface area (Å²) in [5, 5.41) is 8.87. The minimum atomic E-state index is 0.571. The molecule has 0 aliphatic rings. The summed E-state index contributed by atoms with van der Waals surface area (Å²) in [7, 11) is 0. The first kappa shape index (κ1) is 15.3. The number of benzene rings is 2. The Hall–Kier alpha value is -1.59. The number of nitrogens with zero attached hydrogens (tertiary/aromatic N) is 2. The van der Waals surface area contributed by atoms with E-state index in [4.69, 9.17) is 4.42 Å². The van der Waals surface area contributed by atoms with Gasteiger partial charge in [0.2, 0.25) is 5.89 Å². The molecule has 0 unspecified atom stereocenters. The van der Waals surface area contributed by atoms with Crippen molar-refractivity contribution in [3.05, 3.63) is 63.6 Å². The Morgan fingerprint density at radius 3 is 2.50 bits per heavy atom. The lowest BCUT2D eigenvalue weighted by Crippen LogP contribution is -1.82. The molecule has 5 heteroatoms. The van der Waals surface area contributed by atoms with Crippen LogP contribution in [-0.2, 0) is 5.75 Å². The van der Waals surface area contributed by atoms with E-state index in [9.17, 15) is 0 Å². The molecule has 0 aliphatic carbocycles. The lowest BCUT2D eigenvalue weighted by atomic mass is 10.1. The Balaban J connectivity index is 1.75. The van der Waals surface area contributed by atoms with Gasteiger partial charge in [-0.1, -0.05) is 63.1 Å². The number of hydrogen-bond acceptors (Lipinski definition) is 4. The zero-order chi connectivity index (χ0) is 15.5. The van der Waals surface area contributed by atoms with Crippen molar-refractivity contribution in [1.29, 1.82) is 0 Å². The first-order valence-corrected chi connectivity index (χ1v) is 8.68. The van der Waals surface area contributed by atoms with Gasteiger partial charge in [0.1, 0.15) is 0 Å². The maximum atomic E-state index is 5.77. The van der Waals surface area contributed by atoms with Gasteiger partial charge in [-0.25, -0.2) is 0 Å². The molecule has 3 nitrogen and oxygen atoms in total. The van der Waals surface area contributed by atoms with Gasteiger partial charge >= 0.3 is 0 Å². The van der Waals surface area contributed by atoms with Crippen LogP contribution in [0.4, 0.5) is 0 Å². The second-order valence-electron chi connectivity index (χ2n) is 5.13. The van der Waals surface area contributed by atoms with Crippen molar-refractivity contribution in [1.82, 2.24) is 10.2 Å². The molecule has 0 amide bonds. The van der Waals surface area contributed by atoms with Crippen LogP contribution in [0.15, 0.2) is 56.6 Å². The molecule has 112 valence electrons. The van der Waals surface area contributed by atoms with Crippen LogP contribution in [0.25, 0.3) is 11.5 Å². The molecule has 3 aromatic rings. The van der Waals surface area contributed by atoms with Gasteiger partial charge in [-0.05, 0) is 37.6 Å². The fourth-order valence-corrected chi connectivity index (χ4v) is 3.62. The first-order valence-electron chi connectivity index (χ1n) is 6.90. The lowest BCUT2D eigenvalue weighted by Gasteiger charge is -2.01. The third-order valence-electron chi connectivity index (χ3n) is 3.18. The van der Waals surface area contributed by atoms with Gasteiger partial charge in [-0.3, -0.25) is 0 Å². The van der Waals surface area contributed by atoms with E-state index in [1.54, 1.807) is 11.8 Å². The van der Waals surface area contributed by atoms with Gasteiger partial charge < -0.3 is 4.42 Å². The predicted molar refractivity (Wildman–Crippen MR) is 92.9 cm³/mol. The predicted octanol–water partition coefficient (Wildman–Crippen LogP) is 5.41. The molecule has 1 heterocycles. The highest BCUT2D eigenvalue weighted by Gasteiger charge is 2.10. The van der Waals surface area contributed by atoms with Crippen LogP contribution in [0.3, 0.4) is 0 Å². The van der Waals surface area contributed by atoms with E-state index in [1.807, 2.05) is 18.2 Å². The molecule has 0 fully saturated rings. The van der Waals surface area contributed by atoms with Crippen molar-refractivity contribution < 1.29 is 4.42 Å². The van der Waals surface area contributed by atoms with E-state index in [0.29, 0.717) is 11.1 Å². The normalized spacial score (nSPS) is 10.9. The summed E-state index contributed by atoms with van der Waals surface area (Å²) in [5.41, 5.74) is 4.56. The Morgan fingerprint density at radius 2 is 1.77 bits per heavy atom. The van der Waals surface area contributed by atoms with Crippen molar-refractivity contribution in [2.45, 2.75) is 24.8 Å². The summed E-state index contributed by atoms with van der Waals surface area (Å²) in [6.45, 7) is 4.13. The van der Waals surface area contributed by atoms with Crippen LogP contribution in [0.5, 0.6) is 0 Å². The molecule has 0 atom stereocenters. The number of aryl methyl sites for hydroxylation is 2. The molecular weight excluding hydrogens is 360 g/mol. The smallest absolute Gasteiger partial charge is 0.277 e. The second kappa shape index (κ2) is 6.67. The molecule has 0 spiro atoms. The third-order valence-corrected chi connectivity index (χ3v) is 4.82. The maximum absolute atomic E-state index is 5.77. The summed E-state index contributed by atoms with van der Waals surface area (Å²) < 4.78 is 6.86. The summed E-state index contributed by atoms with van der Waals surface area (Å²) >= 11 is 5.09. The van der Waals surface area contributed by atoms with Crippen molar-refractivity contribution in [3.8, 4) is 11.5 Å². The molecule has 0 aliphatic heterocycles. The van der Waals surface area contributed by atoms with Crippen LogP contribution in [0, 0.1) is 13.8 Å². The first-order chi connectivity index (χ1) is 10.6. The fourth-order valence-electron chi connectivity index (χ4n) is 2.24. The SMILES string of the molecule is Cc1cc(C)cc(-c2nnc(SCc3ccccc3Br)o2)c1. The monoisotopic (exact) mass is 374 g/mol. The zero-order valence-electron chi connectivity index (χ0n) is 12.3. The number of rotatable bonds is 4. The van der Waals surface area contributed by atoms with Crippen molar-refractivity contribution in [2.75, 3.05) is 0 Å². The minimum absolute atomic E-state index is 0.571. The topological polar surface area (TPSA) is 38.9 Å². The van der Waals surface area contributed by atoms with E-state index < -0.39 is 0 Å². The van der Waals surface area contributed by atoms with E-state index >= 15 is 0 Å². The Kier molecular flexibility index (Phi) is 4.64. The van der Waals surface area contributed by atoms with E-state index in [0.717, 1.165) is 15.8 Å². The number of hydrogen-bond donors (Lipinski definition) is 0. The molecule has 3 rings (SSSR count). The van der Waals surface area contributed by atoms with Crippen LogP contribution >= 0.6 is 27.7 Å². The van der Waals surface area contributed by atoms with Crippen LogP contribution in [0.1, 0.15) is 16.7 Å². The molecule has 0 bridgehead atoms. The molecular formula is C17H15BrN2OS. The summed E-state index contributed by atoms with van der Waals surface area (Å²) in [6, 6.07) is 14.4. The van der Waals surface area contributed by atoms with Gasteiger partial charge in [0, 0.05) is 15.8 Å². The van der Waals surface area contributed by atoms with Crippen molar-refractivity contribution >= 4 is 27.7 Å². The standard InChI is InChI=1S/C17H15BrN2OS/c1-11-7-12(2)9-14(8-11)16-19-20-17(21-16)22-10-13-5-3-4-6-15(13)18/h3-9H,10H2,1-2H3. The molecule has 0 N–H and O–H groups in total.